The number of hydrogen-bond donors (Lipinski definition) is 2. The number of aryl methyl sites for hydroxylation is 1. The lowest BCUT2D eigenvalue weighted by atomic mass is 10.1. The van der Waals surface area contributed by atoms with Gasteiger partial charge in [-0.3, -0.25) is 0 Å². The molecule has 0 amide bonds. The van der Waals surface area contributed by atoms with Crippen LogP contribution in [0.1, 0.15) is 18.9 Å². The predicted molar refractivity (Wildman–Crippen MR) is 94.6 cm³/mol. The summed E-state index contributed by atoms with van der Waals surface area (Å²) in [6.07, 6.45) is 2.06. The summed E-state index contributed by atoms with van der Waals surface area (Å²) in [7, 11) is 0. The number of nitrogens with zero attached hydrogens (tertiary/aromatic N) is 2. The van der Waals surface area contributed by atoms with Crippen LogP contribution in [0, 0.1) is 0 Å². The summed E-state index contributed by atoms with van der Waals surface area (Å²) in [6.45, 7) is 6.00. The zero-order valence-corrected chi connectivity index (χ0v) is 13.6. The molecule has 4 nitrogen and oxygen atoms in total. The Balaban J connectivity index is 1.70. The molecule has 0 aromatic heterocycles. The maximum absolute atomic E-state index is 9.73. The van der Waals surface area contributed by atoms with Crippen molar-refractivity contribution in [2.45, 2.75) is 19.8 Å². The fraction of sp³-hybridized carbons (Fsp3) is 0.368. The highest BCUT2D eigenvalue weighted by molar-refractivity contribution is 5.58. The van der Waals surface area contributed by atoms with E-state index >= 15 is 0 Å². The van der Waals surface area contributed by atoms with Crippen LogP contribution in [0.15, 0.2) is 42.5 Å². The molecule has 3 rings (SSSR count). The van der Waals surface area contributed by atoms with Crippen LogP contribution in [0.3, 0.4) is 0 Å². The first-order valence-electron chi connectivity index (χ1n) is 8.28. The van der Waals surface area contributed by atoms with Crippen LogP contribution in [-0.4, -0.2) is 36.4 Å². The Bertz CT molecular complexity index is 647. The van der Waals surface area contributed by atoms with Crippen molar-refractivity contribution in [3.05, 3.63) is 48.0 Å². The number of piperazine rings is 1. The molecule has 0 unspecified atom stereocenters. The van der Waals surface area contributed by atoms with E-state index in [0.717, 1.165) is 44.7 Å². The lowest BCUT2D eigenvalue weighted by molar-refractivity contribution is 0.474. The van der Waals surface area contributed by atoms with Gasteiger partial charge in [-0.2, -0.15) is 0 Å². The molecule has 23 heavy (non-hydrogen) atoms. The molecule has 1 aliphatic rings. The molecule has 2 aromatic rings. The summed E-state index contributed by atoms with van der Waals surface area (Å²) >= 11 is 0. The van der Waals surface area contributed by atoms with Gasteiger partial charge in [-0.25, -0.2) is 0 Å². The zero-order valence-electron chi connectivity index (χ0n) is 13.6. The highest BCUT2D eigenvalue weighted by Crippen LogP contribution is 2.28. The lowest BCUT2D eigenvalue weighted by Gasteiger charge is -2.38. The summed E-state index contributed by atoms with van der Waals surface area (Å²) in [6, 6.07) is 13.1. The highest BCUT2D eigenvalue weighted by Gasteiger charge is 2.19. The molecule has 2 N–H and O–H groups in total. The Hall–Kier alpha value is -2.36. The first-order chi connectivity index (χ1) is 11.2. The molecular formula is C19H24N2O2. The van der Waals surface area contributed by atoms with Gasteiger partial charge in [-0.15, -0.1) is 0 Å². The second-order valence-corrected chi connectivity index (χ2v) is 6.05. The molecule has 0 bridgehead atoms. The van der Waals surface area contributed by atoms with Gasteiger partial charge in [0.25, 0.3) is 0 Å². The van der Waals surface area contributed by atoms with Crippen LogP contribution in [0.5, 0.6) is 11.5 Å². The van der Waals surface area contributed by atoms with E-state index in [1.165, 1.54) is 11.3 Å². The Kier molecular flexibility index (Phi) is 4.60. The molecule has 1 aliphatic heterocycles. The Morgan fingerprint density at radius 3 is 2.09 bits per heavy atom. The zero-order chi connectivity index (χ0) is 16.2. The van der Waals surface area contributed by atoms with Gasteiger partial charge >= 0.3 is 0 Å². The molecule has 0 saturated carbocycles. The van der Waals surface area contributed by atoms with Crippen LogP contribution < -0.4 is 9.80 Å². The van der Waals surface area contributed by atoms with E-state index < -0.39 is 0 Å². The largest absolute Gasteiger partial charge is 0.508 e. The number of rotatable bonds is 4. The van der Waals surface area contributed by atoms with Gasteiger partial charge in [0.05, 0.1) is 0 Å². The van der Waals surface area contributed by atoms with Crippen LogP contribution in [-0.2, 0) is 6.42 Å². The van der Waals surface area contributed by atoms with E-state index in [2.05, 4.69) is 16.7 Å². The third-order valence-electron chi connectivity index (χ3n) is 4.42. The van der Waals surface area contributed by atoms with Gasteiger partial charge in [-0.05, 0) is 54.4 Å². The van der Waals surface area contributed by atoms with Crippen molar-refractivity contribution in [2.75, 3.05) is 36.0 Å². The third-order valence-corrected chi connectivity index (χ3v) is 4.42. The molecule has 122 valence electrons. The first-order valence-corrected chi connectivity index (χ1v) is 8.28. The summed E-state index contributed by atoms with van der Waals surface area (Å²) < 4.78 is 0. The summed E-state index contributed by atoms with van der Waals surface area (Å²) in [4.78, 5) is 4.75. The van der Waals surface area contributed by atoms with E-state index in [4.69, 9.17) is 0 Å². The quantitative estimate of drug-likeness (QED) is 0.908. The molecule has 2 aromatic carbocycles. The minimum Gasteiger partial charge on any atom is -0.508 e. The highest BCUT2D eigenvalue weighted by atomic mass is 16.3. The van der Waals surface area contributed by atoms with Gasteiger partial charge in [0.1, 0.15) is 11.5 Å². The number of phenolic OH excluding ortho intramolecular Hbond substituents is 2. The molecule has 4 heteroatoms. The normalized spacial score (nSPS) is 15.0. The fourth-order valence-corrected chi connectivity index (χ4v) is 3.22. The van der Waals surface area contributed by atoms with Gasteiger partial charge in [-0.1, -0.05) is 13.3 Å². The van der Waals surface area contributed by atoms with Gasteiger partial charge in [0.15, 0.2) is 0 Å². The standard InChI is InChI=1S/C19H24N2O2/c1-2-3-15-14-18(23)8-9-19(15)21-12-10-20(11-13-21)16-4-6-17(22)7-5-16/h4-9,14,22-23H,2-3,10-13H2,1H3. The van der Waals surface area contributed by atoms with Crippen molar-refractivity contribution in [1.29, 1.82) is 0 Å². The van der Waals surface area contributed by atoms with Gasteiger partial charge in [0, 0.05) is 37.6 Å². The van der Waals surface area contributed by atoms with Crippen LogP contribution in [0.25, 0.3) is 0 Å². The monoisotopic (exact) mass is 312 g/mol. The summed E-state index contributed by atoms with van der Waals surface area (Å²) in [5, 5.41) is 19.1. The molecule has 1 saturated heterocycles. The summed E-state index contributed by atoms with van der Waals surface area (Å²) in [5.74, 6) is 0.653. The number of anilines is 2. The molecular weight excluding hydrogens is 288 g/mol. The van der Waals surface area contributed by atoms with E-state index in [-0.39, 0.29) is 0 Å². The Morgan fingerprint density at radius 1 is 0.826 bits per heavy atom. The van der Waals surface area contributed by atoms with Crippen LogP contribution >= 0.6 is 0 Å². The smallest absolute Gasteiger partial charge is 0.116 e. The van der Waals surface area contributed by atoms with E-state index in [1.54, 1.807) is 18.2 Å². The number of phenols is 2. The SMILES string of the molecule is CCCc1cc(O)ccc1N1CCN(c2ccc(O)cc2)CC1. The molecule has 0 radical (unpaired) electrons. The topological polar surface area (TPSA) is 46.9 Å². The Morgan fingerprint density at radius 2 is 1.43 bits per heavy atom. The second-order valence-electron chi connectivity index (χ2n) is 6.05. The van der Waals surface area contributed by atoms with Gasteiger partial charge in [0.2, 0.25) is 0 Å². The van der Waals surface area contributed by atoms with Crippen molar-refractivity contribution >= 4 is 11.4 Å². The Labute approximate surface area is 137 Å². The van der Waals surface area contributed by atoms with Crippen LogP contribution in [0.2, 0.25) is 0 Å². The summed E-state index contributed by atoms with van der Waals surface area (Å²) in [5.41, 5.74) is 3.63. The minimum absolute atomic E-state index is 0.306. The molecule has 1 heterocycles. The average Bonchev–Trinajstić information content (AvgIpc) is 2.56. The van der Waals surface area contributed by atoms with Crippen molar-refractivity contribution < 1.29 is 10.2 Å². The van der Waals surface area contributed by atoms with Gasteiger partial charge < -0.3 is 20.0 Å². The molecule has 0 atom stereocenters. The van der Waals surface area contributed by atoms with Crippen molar-refractivity contribution in [2.24, 2.45) is 0 Å². The molecule has 0 spiro atoms. The van der Waals surface area contributed by atoms with Crippen LogP contribution in [0.4, 0.5) is 11.4 Å². The molecule has 1 fully saturated rings. The number of benzene rings is 2. The second kappa shape index (κ2) is 6.82. The fourth-order valence-electron chi connectivity index (χ4n) is 3.22. The van der Waals surface area contributed by atoms with E-state index in [0.29, 0.717) is 11.5 Å². The van der Waals surface area contributed by atoms with Crippen molar-refractivity contribution in [3.63, 3.8) is 0 Å². The van der Waals surface area contributed by atoms with E-state index in [1.807, 2.05) is 24.3 Å². The minimum atomic E-state index is 0.306. The van der Waals surface area contributed by atoms with E-state index in [9.17, 15) is 10.2 Å². The number of aromatic hydroxyl groups is 2. The third kappa shape index (κ3) is 3.52. The van der Waals surface area contributed by atoms with Crippen molar-refractivity contribution in [1.82, 2.24) is 0 Å². The lowest BCUT2D eigenvalue weighted by Crippen LogP contribution is -2.46. The molecule has 0 aliphatic carbocycles. The maximum Gasteiger partial charge on any atom is 0.116 e. The number of hydrogen-bond acceptors (Lipinski definition) is 4. The average molecular weight is 312 g/mol. The predicted octanol–water partition coefficient (Wildman–Crippen LogP) is 3.38. The first kappa shape index (κ1) is 15.5. The van der Waals surface area contributed by atoms with Crippen molar-refractivity contribution in [3.8, 4) is 11.5 Å². The maximum atomic E-state index is 9.73.